The highest BCUT2D eigenvalue weighted by Gasteiger charge is 2.54. The zero-order valence-corrected chi connectivity index (χ0v) is 9.40. The van der Waals surface area contributed by atoms with Crippen LogP contribution < -0.4 is 0 Å². The van der Waals surface area contributed by atoms with Crippen molar-refractivity contribution in [2.45, 2.75) is 38.8 Å². The highest BCUT2D eigenvalue weighted by molar-refractivity contribution is 5.75. The van der Waals surface area contributed by atoms with Gasteiger partial charge in [-0.1, -0.05) is 0 Å². The third-order valence-electron chi connectivity index (χ3n) is 2.97. The Bertz CT molecular complexity index is 295. The summed E-state index contributed by atoms with van der Waals surface area (Å²) in [5.41, 5.74) is -0.489. The molecule has 84 valence electrons. The molecule has 0 radical (unpaired) electrons. The Balaban J connectivity index is 1.99. The SMILES string of the molecule is CC(C)(C)OC(=O)N1CC2CC2[C@@H]1C=O. The van der Waals surface area contributed by atoms with Crippen LogP contribution in [0.4, 0.5) is 4.79 Å². The summed E-state index contributed by atoms with van der Waals surface area (Å²) in [6.45, 7) is 6.18. The van der Waals surface area contributed by atoms with Crippen molar-refractivity contribution >= 4 is 12.4 Å². The summed E-state index contributed by atoms with van der Waals surface area (Å²) in [6, 6.07) is -0.246. The van der Waals surface area contributed by atoms with Gasteiger partial charge in [0.1, 0.15) is 11.9 Å². The van der Waals surface area contributed by atoms with Gasteiger partial charge < -0.3 is 9.53 Å². The Morgan fingerprint density at radius 2 is 2.13 bits per heavy atom. The van der Waals surface area contributed by atoms with E-state index in [9.17, 15) is 9.59 Å². The monoisotopic (exact) mass is 211 g/mol. The number of rotatable bonds is 1. The van der Waals surface area contributed by atoms with E-state index in [1.54, 1.807) is 4.90 Å². The largest absolute Gasteiger partial charge is 0.444 e. The zero-order valence-electron chi connectivity index (χ0n) is 9.40. The molecule has 1 amide bonds. The van der Waals surface area contributed by atoms with E-state index >= 15 is 0 Å². The maximum Gasteiger partial charge on any atom is 0.410 e. The summed E-state index contributed by atoms with van der Waals surface area (Å²) in [5.74, 6) is 0.933. The van der Waals surface area contributed by atoms with E-state index in [0.717, 1.165) is 12.7 Å². The molecule has 2 fully saturated rings. The number of amides is 1. The first-order chi connectivity index (χ1) is 6.92. The lowest BCUT2D eigenvalue weighted by Gasteiger charge is -2.27. The molecule has 4 heteroatoms. The first kappa shape index (κ1) is 10.5. The predicted octanol–water partition coefficient (Wildman–Crippen LogP) is 1.44. The number of piperidine rings is 1. The van der Waals surface area contributed by atoms with Crippen molar-refractivity contribution in [1.82, 2.24) is 4.90 Å². The standard InChI is InChI=1S/C11H17NO3/c1-11(2,3)15-10(14)12-5-7-4-8(7)9(12)6-13/h6-9H,4-5H2,1-3H3/t7?,8?,9-/m0/s1. The van der Waals surface area contributed by atoms with Crippen molar-refractivity contribution in [3.63, 3.8) is 0 Å². The normalized spacial score (nSPS) is 33.5. The van der Waals surface area contributed by atoms with Crippen LogP contribution in [0.1, 0.15) is 27.2 Å². The van der Waals surface area contributed by atoms with Gasteiger partial charge in [-0.15, -0.1) is 0 Å². The van der Waals surface area contributed by atoms with Crippen molar-refractivity contribution in [3.05, 3.63) is 0 Å². The number of carbonyl (C=O) groups excluding carboxylic acids is 2. The second-order valence-corrected chi connectivity index (χ2v) is 5.42. The molecule has 0 aromatic carbocycles. The van der Waals surface area contributed by atoms with Crippen molar-refractivity contribution in [3.8, 4) is 0 Å². The van der Waals surface area contributed by atoms with Crippen LogP contribution >= 0.6 is 0 Å². The Hall–Kier alpha value is -1.06. The molecule has 1 saturated heterocycles. The molecule has 1 aliphatic carbocycles. The molecule has 0 spiro atoms. The molecule has 0 bridgehead atoms. The molecule has 15 heavy (non-hydrogen) atoms. The minimum absolute atomic E-state index is 0.246. The van der Waals surface area contributed by atoms with Crippen LogP contribution in [0.3, 0.4) is 0 Å². The number of nitrogens with zero attached hydrogens (tertiary/aromatic N) is 1. The van der Waals surface area contributed by atoms with Crippen LogP contribution in [0.25, 0.3) is 0 Å². The van der Waals surface area contributed by atoms with E-state index in [-0.39, 0.29) is 12.1 Å². The summed E-state index contributed by atoms with van der Waals surface area (Å²) in [4.78, 5) is 24.2. The van der Waals surface area contributed by atoms with Gasteiger partial charge in [-0.25, -0.2) is 4.79 Å². The molecule has 4 nitrogen and oxygen atoms in total. The highest BCUT2D eigenvalue weighted by Crippen LogP contribution is 2.49. The van der Waals surface area contributed by atoms with Crippen LogP contribution in [0.15, 0.2) is 0 Å². The topological polar surface area (TPSA) is 46.6 Å². The minimum atomic E-state index is -0.489. The van der Waals surface area contributed by atoms with Gasteiger partial charge in [0.15, 0.2) is 0 Å². The van der Waals surface area contributed by atoms with Crippen molar-refractivity contribution in [2.75, 3.05) is 6.54 Å². The Labute approximate surface area is 89.6 Å². The number of carbonyl (C=O) groups is 2. The second-order valence-electron chi connectivity index (χ2n) is 5.42. The molecule has 3 atom stereocenters. The number of aldehydes is 1. The molecule has 0 aromatic heterocycles. The van der Waals surface area contributed by atoms with Gasteiger partial charge in [-0.2, -0.15) is 0 Å². The lowest BCUT2D eigenvalue weighted by molar-refractivity contribution is -0.112. The molecule has 2 unspecified atom stereocenters. The third kappa shape index (κ3) is 1.98. The van der Waals surface area contributed by atoms with E-state index in [4.69, 9.17) is 4.74 Å². The zero-order chi connectivity index (χ0) is 11.2. The Kier molecular flexibility index (Phi) is 2.24. The van der Waals surface area contributed by atoms with Crippen LogP contribution in [0, 0.1) is 11.8 Å². The molecular formula is C11H17NO3. The lowest BCUT2D eigenvalue weighted by Crippen LogP contribution is -2.42. The van der Waals surface area contributed by atoms with Crippen LogP contribution in [-0.4, -0.2) is 35.5 Å². The van der Waals surface area contributed by atoms with Crippen molar-refractivity contribution in [2.24, 2.45) is 11.8 Å². The Morgan fingerprint density at radius 1 is 1.47 bits per heavy atom. The van der Waals surface area contributed by atoms with E-state index in [2.05, 4.69) is 0 Å². The number of fused-ring (bicyclic) bond motifs is 1. The van der Waals surface area contributed by atoms with Gasteiger partial charge in [-0.05, 0) is 39.0 Å². The van der Waals surface area contributed by atoms with Gasteiger partial charge in [0.05, 0.1) is 6.04 Å². The third-order valence-corrected chi connectivity index (χ3v) is 2.97. The summed E-state index contributed by atoms with van der Waals surface area (Å²) < 4.78 is 5.25. The molecule has 1 aliphatic heterocycles. The van der Waals surface area contributed by atoms with E-state index in [0.29, 0.717) is 18.4 Å². The van der Waals surface area contributed by atoms with E-state index in [1.807, 2.05) is 20.8 Å². The number of likely N-dealkylation sites (tertiary alicyclic amines) is 1. The molecule has 1 heterocycles. The molecule has 2 aliphatic rings. The highest BCUT2D eigenvalue weighted by atomic mass is 16.6. The number of hydrogen-bond donors (Lipinski definition) is 0. The lowest BCUT2D eigenvalue weighted by atomic mass is 10.2. The molecule has 0 N–H and O–H groups in total. The van der Waals surface area contributed by atoms with Gasteiger partial charge in [0.2, 0.25) is 0 Å². The van der Waals surface area contributed by atoms with Crippen LogP contribution in [-0.2, 0) is 9.53 Å². The quantitative estimate of drug-likeness (QED) is 0.616. The van der Waals surface area contributed by atoms with E-state index < -0.39 is 5.60 Å². The maximum atomic E-state index is 11.7. The smallest absolute Gasteiger partial charge is 0.410 e. The fourth-order valence-corrected chi connectivity index (χ4v) is 2.20. The summed E-state index contributed by atoms with van der Waals surface area (Å²) in [5, 5.41) is 0. The van der Waals surface area contributed by atoms with Crippen LogP contribution in [0.2, 0.25) is 0 Å². The average molecular weight is 211 g/mol. The van der Waals surface area contributed by atoms with Gasteiger partial charge in [0.25, 0.3) is 0 Å². The minimum Gasteiger partial charge on any atom is -0.444 e. The second kappa shape index (κ2) is 3.22. The van der Waals surface area contributed by atoms with Gasteiger partial charge >= 0.3 is 6.09 Å². The first-order valence-electron chi connectivity index (χ1n) is 5.37. The first-order valence-corrected chi connectivity index (χ1v) is 5.37. The van der Waals surface area contributed by atoms with Gasteiger partial charge in [0, 0.05) is 6.54 Å². The molecule has 1 saturated carbocycles. The summed E-state index contributed by atoms with van der Waals surface area (Å²) in [6.07, 6.45) is 1.61. The molecule has 2 rings (SSSR count). The van der Waals surface area contributed by atoms with Gasteiger partial charge in [-0.3, -0.25) is 4.90 Å². The number of hydrogen-bond acceptors (Lipinski definition) is 3. The summed E-state index contributed by atoms with van der Waals surface area (Å²) in [7, 11) is 0. The fourth-order valence-electron chi connectivity index (χ4n) is 2.20. The maximum absolute atomic E-state index is 11.7. The fraction of sp³-hybridized carbons (Fsp3) is 0.818. The Morgan fingerprint density at radius 3 is 2.67 bits per heavy atom. The molecule has 0 aromatic rings. The van der Waals surface area contributed by atoms with Crippen molar-refractivity contribution < 1.29 is 14.3 Å². The summed E-state index contributed by atoms with van der Waals surface area (Å²) >= 11 is 0. The van der Waals surface area contributed by atoms with E-state index in [1.165, 1.54) is 0 Å². The molecular weight excluding hydrogens is 194 g/mol. The number of ether oxygens (including phenoxy) is 1. The van der Waals surface area contributed by atoms with Crippen LogP contribution in [0.5, 0.6) is 0 Å². The van der Waals surface area contributed by atoms with Crippen molar-refractivity contribution in [1.29, 1.82) is 0 Å². The average Bonchev–Trinajstić information content (AvgIpc) is 2.75. The predicted molar refractivity (Wildman–Crippen MR) is 54.4 cm³/mol.